The highest BCUT2D eigenvalue weighted by atomic mass is 16.8. The Morgan fingerprint density at radius 1 is 0.756 bits per heavy atom. The molecular weight excluding hydrogens is 534 g/mol. The number of carbonyl (C=O) groups excluding carboxylic acids is 4. The molecule has 0 aromatic heterocycles. The zero-order valence-corrected chi connectivity index (χ0v) is 26.0. The minimum atomic E-state index is -1.09. The first-order chi connectivity index (χ1) is 18.9. The van der Waals surface area contributed by atoms with Crippen LogP contribution in [0.3, 0.4) is 0 Å². The van der Waals surface area contributed by atoms with E-state index in [2.05, 4.69) is 0 Å². The lowest BCUT2D eigenvalue weighted by Crippen LogP contribution is -2.40. The summed E-state index contributed by atoms with van der Waals surface area (Å²) >= 11 is 0. The highest BCUT2D eigenvalue weighted by Gasteiger charge is 2.28. The SMILES string of the molecule is CCC(C)C(=O)O[C@@H](C)[C@H](C)OC(=O)[C@@H](N)Cc1ccc(OC(=O)OC(C)(C)CC)c(OC(=O)OC(C)(C)CC)c1. The molecule has 0 aliphatic rings. The monoisotopic (exact) mass is 581 g/mol. The predicted octanol–water partition coefficient (Wildman–Crippen LogP) is 5.87. The Morgan fingerprint density at radius 3 is 1.68 bits per heavy atom. The molecule has 0 radical (unpaired) electrons. The van der Waals surface area contributed by atoms with Crippen LogP contribution in [0.2, 0.25) is 0 Å². The Hall–Kier alpha value is -3.34. The van der Waals surface area contributed by atoms with E-state index in [0.717, 1.165) is 0 Å². The molecule has 0 saturated carbocycles. The van der Waals surface area contributed by atoms with Crippen molar-refractivity contribution in [2.75, 3.05) is 0 Å². The van der Waals surface area contributed by atoms with Gasteiger partial charge in [0.1, 0.15) is 29.5 Å². The first-order valence-corrected chi connectivity index (χ1v) is 14.0. The van der Waals surface area contributed by atoms with Crippen molar-refractivity contribution in [2.45, 2.75) is 124 Å². The lowest BCUT2D eigenvalue weighted by molar-refractivity contribution is -0.168. The number of rotatable bonds is 14. The van der Waals surface area contributed by atoms with E-state index in [1.165, 1.54) is 12.1 Å². The van der Waals surface area contributed by atoms with E-state index in [0.29, 0.717) is 24.8 Å². The van der Waals surface area contributed by atoms with E-state index in [1.807, 2.05) is 20.8 Å². The molecule has 1 aromatic carbocycles. The van der Waals surface area contributed by atoms with Gasteiger partial charge in [0.25, 0.3) is 0 Å². The summed E-state index contributed by atoms with van der Waals surface area (Å²) in [5.41, 5.74) is 5.04. The third-order valence-electron chi connectivity index (χ3n) is 6.86. The van der Waals surface area contributed by atoms with Crippen molar-refractivity contribution in [3.8, 4) is 11.5 Å². The molecule has 1 aromatic rings. The van der Waals surface area contributed by atoms with E-state index >= 15 is 0 Å². The van der Waals surface area contributed by atoms with Gasteiger partial charge in [0, 0.05) is 0 Å². The Balaban J connectivity index is 3.05. The lowest BCUT2D eigenvalue weighted by atomic mass is 10.1. The molecule has 0 fully saturated rings. The second kappa shape index (κ2) is 15.6. The van der Waals surface area contributed by atoms with Crippen LogP contribution in [0, 0.1) is 5.92 Å². The van der Waals surface area contributed by atoms with Crippen LogP contribution >= 0.6 is 0 Å². The molecule has 41 heavy (non-hydrogen) atoms. The zero-order valence-electron chi connectivity index (χ0n) is 26.0. The van der Waals surface area contributed by atoms with Crippen LogP contribution in [0.1, 0.15) is 94.1 Å². The van der Waals surface area contributed by atoms with Crippen molar-refractivity contribution < 1.29 is 47.6 Å². The maximum atomic E-state index is 12.7. The molecular formula is C30H47NO10. The van der Waals surface area contributed by atoms with Crippen LogP contribution < -0.4 is 15.2 Å². The standard InChI is InChI=1S/C30H47NO10/c1-11-18(4)25(32)36-19(5)20(6)37-26(33)22(31)16-21-14-15-23(38-27(34)40-29(7,8)12-2)24(17-21)39-28(35)41-30(9,10)13-3/h14-15,17-20,22H,11-13,16,31H2,1-10H3/t18?,19-,20-,22-/m0/s1. The molecule has 0 bridgehead atoms. The third-order valence-corrected chi connectivity index (χ3v) is 6.86. The average molecular weight is 582 g/mol. The summed E-state index contributed by atoms with van der Waals surface area (Å²) in [5, 5.41) is 0. The van der Waals surface area contributed by atoms with Gasteiger partial charge >= 0.3 is 24.2 Å². The quantitative estimate of drug-likeness (QED) is 0.159. The van der Waals surface area contributed by atoms with Crippen molar-refractivity contribution in [3.05, 3.63) is 23.8 Å². The number of hydrogen-bond donors (Lipinski definition) is 1. The first kappa shape index (κ1) is 35.7. The topological polar surface area (TPSA) is 150 Å². The highest BCUT2D eigenvalue weighted by molar-refractivity contribution is 5.76. The van der Waals surface area contributed by atoms with Crippen LogP contribution in [0.15, 0.2) is 18.2 Å². The molecule has 2 N–H and O–H groups in total. The molecule has 0 heterocycles. The van der Waals surface area contributed by atoms with Gasteiger partial charge < -0.3 is 34.2 Å². The third kappa shape index (κ3) is 12.4. The number of ether oxygens (including phenoxy) is 6. The maximum absolute atomic E-state index is 12.7. The molecule has 232 valence electrons. The van der Waals surface area contributed by atoms with Gasteiger partial charge in [-0.2, -0.15) is 0 Å². The number of carbonyl (C=O) groups is 4. The minimum absolute atomic E-state index is 0.00600. The van der Waals surface area contributed by atoms with Gasteiger partial charge in [-0.15, -0.1) is 0 Å². The van der Waals surface area contributed by atoms with Crippen molar-refractivity contribution in [2.24, 2.45) is 11.7 Å². The summed E-state index contributed by atoms with van der Waals surface area (Å²) in [6, 6.07) is 3.30. The Kier molecular flexibility index (Phi) is 13.6. The first-order valence-electron chi connectivity index (χ1n) is 14.0. The van der Waals surface area contributed by atoms with Crippen LogP contribution in [0.25, 0.3) is 0 Å². The number of benzene rings is 1. The molecule has 4 atom stereocenters. The number of hydrogen-bond acceptors (Lipinski definition) is 11. The van der Waals surface area contributed by atoms with Gasteiger partial charge in [-0.25, -0.2) is 9.59 Å². The molecule has 0 amide bonds. The summed E-state index contributed by atoms with van der Waals surface area (Å²) in [4.78, 5) is 49.7. The average Bonchev–Trinajstić information content (AvgIpc) is 2.88. The molecule has 0 saturated heterocycles. The predicted molar refractivity (Wildman–Crippen MR) is 152 cm³/mol. The summed E-state index contributed by atoms with van der Waals surface area (Å²) in [5.74, 6) is -1.55. The molecule has 0 aliphatic heterocycles. The van der Waals surface area contributed by atoms with Crippen LogP contribution in [0.5, 0.6) is 11.5 Å². The molecule has 1 rings (SSSR count). The van der Waals surface area contributed by atoms with Crippen molar-refractivity contribution in [1.82, 2.24) is 0 Å². The maximum Gasteiger partial charge on any atom is 0.514 e. The number of nitrogens with two attached hydrogens (primary N) is 1. The fourth-order valence-electron chi connectivity index (χ4n) is 2.93. The molecule has 0 aliphatic carbocycles. The van der Waals surface area contributed by atoms with Gasteiger partial charge in [0.2, 0.25) is 0 Å². The van der Waals surface area contributed by atoms with E-state index in [1.54, 1.807) is 54.5 Å². The Morgan fingerprint density at radius 2 is 1.22 bits per heavy atom. The second-order valence-electron chi connectivity index (χ2n) is 11.3. The zero-order chi connectivity index (χ0) is 31.5. The number of esters is 2. The second-order valence-corrected chi connectivity index (χ2v) is 11.3. The summed E-state index contributed by atoms with van der Waals surface area (Å²) < 4.78 is 32.2. The van der Waals surface area contributed by atoms with Gasteiger partial charge in [-0.3, -0.25) is 9.59 Å². The fraction of sp³-hybridized carbons (Fsp3) is 0.667. The van der Waals surface area contributed by atoms with Crippen LogP contribution in [-0.2, 0) is 35.0 Å². The van der Waals surface area contributed by atoms with Gasteiger partial charge in [0.15, 0.2) is 11.5 Å². The normalized spacial score (nSPS) is 14.6. The van der Waals surface area contributed by atoms with Crippen molar-refractivity contribution >= 4 is 24.2 Å². The summed E-state index contributed by atoms with van der Waals surface area (Å²) in [6.45, 7) is 17.5. The van der Waals surface area contributed by atoms with Crippen LogP contribution in [-0.4, -0.2) is 53.7 Å². The van der Waals surface area contributed by atoms with E-state index in [9.17, 15) is 19.2 Å². The highest BCUT2D eigenvalue weighted by Crippen LogP contribution is 2.31. The lowest BCUT2D eigenvalue weighted by Gasteiger charge is -2.24. The van der Waals surface area contributed by atoms with E-state index in [4.69, 9.17) is 34.2 Å². The van der Waals surface area contributed by atoms with Gasteiger partial charge in [0.05, 0.1) is 5.92 Å². The summed E-state index contributed by atoms with van der Waals surface area (Å²) in [6.07, 6.45) is -1.65. The summed E-state index contributed by atoms with van der Waals surface area (Å²) in [7, 11) is 0. The molecule has 0 spiro atoms. The molecule has 11 heteroatoms. The van der Waals surface area contributed by atoms with E-state index in [-0.39, 0.29) is 29.8 Å². The van der Waals surface area contributed by atoms with E-state index < -0.39 is 47.7 Å². The van der Waals surface area contributed by atoms with Gasteiger partial charge in [-0.1, -0.05) is 33.8 Å². The minimum Gasteiger partial charge on any atom is -0.459 e. The Labute approximate surface area is 243 Å². The molecule has 1 unspecified atom stereocenters. The van der Waals surface area contributed by atoms with Crippen LogP contribution in [0.4, 0.5) is 9.59 Å². The van der Waals surface area contributed by atoms with Crippen molar-refractivity contribution in [1.29, 1.82) is 0 Å². The largest absolute Gasteiger partial charge is 0.514 e. The Bertz CT molecular complexity index is 1050. The van der Waals surface area contributed by atoms with Gasteiger partial charge in [-0.05, 0) is 84.9 Å². The fourth-order valence-corrected chi connectivity index (χ4v) is 2.93. The van der Waals surface area contributed by atoms with Crippen molar-refractivity contribution in [3.63, 3.8) is 0 Å². The molecule has 11 nitrogen and oxygen atoms in total. The smallest absolute Gasteiger partial charge is 0.459 e.